The lowest BCUT2D eigenvalue weighted by Crippen LogP contribution is -2.43. The van der Waals surface area contributed by atoms with Gasteiger partial charge >= 0.3 is 11.4 Å². The smallest absolute Gasteiger partial charge is 0.355 e. The van der Waals surface area contributed by atoms with Gasteiger partial charge in [0.25, 0.3) is 5.69 Å². The second-order valence-electron chi connectivity index (χ2n) is 6.82. The Kier molecular flexibility index (Phi) is 6.95. The molecule has 5 N–H and O–H groups in total. The highest BCUT2D eigenvalue weighted by Gasteiger charge is 2.14. The van der Waals surface area contributed by atoms with E-state index in [9.17, 15) is 19.7 Å². The number of aromatic nitrogens is 3. The molecule has 12 heteroatoms. The molecule has 166 valence electrons. The van der Waals surface area contributed by atoms with Gasteiger partial charge in [0.2, 0.25) is 5.95 Å². The van der Waals surface area contributed by atoms with Crippen LogP contribution in [-0.2, 0) is 13.1 Å². The fraction of sp³-hybridized carbons (Fsp3) is 0.200. The molecule has 0 fully saturated rings. The molecule has 1 aromatic heterocycles. The minimum atomic E-state index is -0.705. The highest BCUT2D eigenvalue weighted by atomic mass is 16.6. The van der Waals surface area contributed by atoms with Crippen LogP contribution >= 0.6 is 0 Å². The zero-order chi connectivity index (χ0) is 23.1. The van der Waals surface area contributed by atoms with Gasteiger partial charge in [0.05, 0.1) is 24.6 Å². The van der Waals surface area contributed by atoms with Crippen LogP contribution in [0.2, 0.25) is 0 Å². The average Bonchev–Trinajstić information content (AvgIpc) is 2.77. The van der Waals surface area contributed by atoms with Crippen molar-refractivity contribution in [2.75, 3.05) is 18.4 Å². The lowest BCUT2D eigenvalue weighted by atomic mass is 10.2. The SMILES string of the molecule is NC(N)=NCCNc1nc(=O)n(Cc2ccccc2)c(=O)n1Cc1ccc([N+](=O)[O-])cc1. The number of hydrogen-bond acceptors (Lipinski definition) is 7. The predicted octanol–water partition coefficient (Wildman–Crippen LogP) is 0.0951. The molecule has 0 amide bonds. The number of nitro groups is 1. The summed E-state index contributed by atoms with van der Waals surface area (Å²) in [6, 6.07) is 14.8. The first-order valence-electron chi connectivity index (χ1n) is 9.63. The zero-order valence-corrected chi connectivity index (χ0v) is 17.0. The molecule has 3 rings (SSSR count). The van der Waals surface area contributed by atoms with Crippen LogP contribution < -0.4 is 28.2 Å². The number of hydrogen-bond donors (Lipinski definition) is 3. The van der Waals surface area contributed by atoms with E-state index in [0.717, 1.165) is 10.1 Å². The van der Waals surface area contributed by atoms with Crippen LogP contribution in [0.1, 0.15) is 11.1 Å². The molecule has 0 radical (unpaired) electrons. The molecule has 12 nitrogen and oxygen atoms in total. The van der Waals surface area contributed by atoms with Crippen LogP contribution in [0.3, 0.4) is 0 Å². The quantitative estimate of drug-likeness (QED) is 0.138. The lowest BCUT2D eigenvalue weighted by molar-refractivity contribution is -0.384. The Bertz CT molecular complexity index is 1230. The number of nitro benzene ring substituents is 1. The molecule has 0 bridgehead atoms. The number of benzene rings is 2. The van der Waals surface area contributed by atoms with Crippen molar-refractivity contribution in [2.45, 2.75) is 13.1 Å². The van der Waals surface area contributed by atoms with Gasteiger partial charge in [0.1, 0.15) is 0 Å². The van der Waals surface area contributed by atoms with E-state index in [2.05, 4.69) is 15.3 Å². The summed E-state index contributed by atoms with van der Waals surface area (Å²) in [5.41, 5.74) is 10.7. The number of guanidine groups is 1. The van der Waals surface area contributed by atoms with Gasteiger partial charge in [0.15, 0.2) is 5.96 Å². The molecule has 0 saturated carbocycles. The first kappa shape index (κ1) is 22.2. The molecule has 0 atom stereocenters. The summed E-state index contributed by atoms with van der Waals surface area (Å²) in [5.74, 6) is -0.0326. The summed E-state index contributed by atoms with van der Waals surface area (Å²) in [4.78, 5) is 44.1. The molecule has 32 heavy (non-hydrogen) atoms. The van der Waals surface area contributed by atoms with Crippen molar-refractivity contribution in [1.82, 2.24) is 14.1 Å². The number of nitrogens with two attached hydrogens (primary N) is 2. The van der Waals surface area contributed by atoms with Gasteiger partial charge in [-0.2, -0.15) is 4.98 Å². The Labute approximate surface area is 182 Å². The number of nitrogens with zero attached hydrogens (tertiary/aromatic N) is 5. The summed E-state index contributed by atoms with van der Waals surface area (Å²) < 4.78 is 2.32. The van der Waals surface area contributed by atoms with Crippen LogP contribution in [-0.4, -0.2) is 38.1 Å². The van der Waals surface area contributed by atoms with E-state index in [1.165, 1.54) is 16.7 Å². The highest BCUT2D eigenvalue weighted by molar-refractivity contribution is 5.75. The van der Waals surface area contributed by atoms with E-state index in [4.69, 9.17) is 11.5 Å². The summed E-state index contributed by atoms with van der Waals surface area (Å²) in [6.45, 7) is 0.541. The van der Waals surface area contributed by atoms with E-state index >= 15 is 0 Å². The number of aliphatic imine (C=N–C) groups is 1. The van der Waals surface area contributed by atoms with Crippen molar-refractivity contribution in [3.8, 4) is 0 Å². The molecular formula is C20H22N8O4. The zero-order valence-electron chi connectivity index (χ0n) is 17.0. The van der Waals surface area contributed by atoms with Crippen LogP contribution in [0.15, 0.2) is 69.2 Å². The predicted molar refractivity (Wildman–Crippen MR) is 120 cm³/mol. The van der Waals surface area contributed by atoms with Crippen molar-refractivity contribution in [1.29, 1.82) is 0 Å². The van der Waals surface area contributed by atoms with Gasteiger partial charge in [-0.1, -0.05) is 42.5 Å². The van der Waals surface area contributed by atoms with Crippen LogP contribution in [0.5, 0.6) is 0 Å². The first-order valence-corrected chi connectivity index (χ1v) is 9.63. The molecule has 3 aromatic rings. The molecule has 0 aliphatic heterocycles. The molecule has 0 aliphatic rings. The van der Waals surface area contributed by atoms with E-state index < -0.39 is 16.3 Å². The number of anilines is 1. The summed E-state index contributed by atoms with van der Waals surface area (Å²) in [6.07, 6.45) is 0. The van der Waals surface area contributed by atoms with Gasteiger partial charge in [-0.05, 0) is 11.1 Å². The van der Waals surface area contributed by atoms with Crippen molar-refractivity contribution < 1.29 is 4.92 Å². The van der Waals surface area contributed by atoms with Gasteiger partial charge in [-0.25, -0.2) is 14.2 Å². The van der Waals surface area contributed by atoms with Crippen LogP contribution in [0, 0.1) is 10.1 Å². The van der Waals surface area contributed by atoms with Crippen LogP contribution in [0.4, 0.5) is 11.6 Å². The molecule has 0 spiro atoms. The first-order chi connectivity index (χ1) is 15.3. The number of rotatable bonds is 9. The third-order valence-corrected chi connectivity index (χ3v) is 4.51. The number of non-ortho nitro benzene ring substituents is 1. The largest absolute Gasteiger partial charge is 0.370 e. The Morgan fingerprint density at radius 2 is 1.62 bits per heavy atom. The second kappa shape index (κ2) is 10.0. The standard InChI is InChI=1S/C20H22N8O4/c21-17(22)23-10-11-24-18-25-19(29)27(13-14-4-2-1-3-5-14)20(30)26(18)12-15-6-8-16(9-7-15)28(31)32/h1-9H,10-13H2,(H4,21,22,23)(H,24,25,29). The summed E-state index contributed by atoms with van der Waals surface area (Å²) in [5, 5.41) is 13.8. The molecule has 2 aromatic carbocycles. The summed E-state index contributed by atoms with van der Waals surface area (Å²) >= 11 is 0. The maximum atomic E-state index is 13.2. The fourth-order valence-corrected chi connectivity index (χ4v) is 2.97. The van der Waals surface area contributed by atoms with E-state index in [1.807, 2.05) is 18.2 Å². The van der Waals surface area contributed by atoms with Gasteiger partial charge in [0, 0.05) is 18.7 Å². The van der Waals surface area contributed by atoms with Crippen molar-refractivity contribution in [2.24, 2.45) is 16.5 Å². The minimum absolute atomic E-state index is 0.0452. The number of nitrogens with one attached hydrogen (secondary N) is 1. The van der Waals surface area contributed by atoms with E-state index in [-0.39, 0.29) is 43.8 Å². The maximum absolute atomic E-state index is 13.2. The Balaban J connectivity index is 1.98. The van der Waals surface area contributed by atoms with Gasteiger partial charge < -0.3 is 16.8 Å². The Morgan fingerprint density at radius 1 is 1.00 bits per heavy atom. The molecule has 0 unspecified atom stereocenters. The third kappa shape index (κ3) is 5.56. The monoisotopic (exact) mass is 438 g/mol. The molecular weight excluding hydrogens is 416 g/mol. The van der Waals surface area contributed by atoms with Gasteiger partial charge in [-0.3, -0.25) is 19.7 Å². The third-order valence-electron chi connectivity index (χ3n) is 4.51. The summed E-state index contributed by atoms with van der Waals surface area (Å²) in [7, 11) is 0. The molecule has 1 heterocycles. The Morgan fingerprint density at radius 3 is 2.25 bits per heavy atom. The van der Waals surface area contributed by atoms with E-state index in [1.54, 1.807) is 24.3 Å². The van der Waals surface area contributed by atoms with Crippen molar-refractivity contribution in [3.05, 3.63) is 96.8 Å². The normalized spacial score (nSPS) is 10.5. The van der Waals surface area contributed by atoms with Crippen molar-refractivity contribution in [3.63, 3.8) is 0 Å². The Hall–Kier alpha value is -4.48. The lowest BCUT2D eigenvalue weighted by Gasteiger charge is -2.15. The van der Waals surface area contributed by atoms with Crippen LogP contribution in [0.25, 0.3) is 0 Å². The second-order valence-corrected chi connectivity index (χ2v) is 6.82. The molecule has 0 saturated heterocycles. The average molecular weight is 438 g/mol. The van der Waals surface area contributed by atoms with E-state index in [0.29, 0.717) is 5.56 Å². The van der Waals surface area contributed by atoms with Crippen molar-refractivity contribution >= 4 is 17.6 Å². The maximum Gasteiger partial charge on any atom is 0.355 e. The van der Waals surface area contributed by atoms with Gasteiger partial charge in [-0.15, -0.1) is 0 Å². The highest BCUT2D eigenvalue weighted by Crippen LogP contribution is 2.13. The molecule has 0 aliphatic carbocycles. The fourth-order valence-electron chi connectivity index (χ4n) is 2.97. The minimum Gasteiger partial charge on any atom is -0.370 e. The topological polar surface area (TPSA) is 176 Å².